The normalized spacial score (nSPS) is 13.5. The van der Waals surface area contributed by atoms with Crippen LogP contribution in [0.4, 0.5) is 0 Å². The summed E-state index contributed by atoms with van der Waals surface area (Å²) in [4.78, 5) is 76.0. The van der Waals surface area contributed by atoms with Gasteiger partial charge >= 0.3 is 5.97 Å². The third-order valence-corrected chi connectivity index (χ3v) is 11.6. The Hall–Kier alpha value is -6.62. The van der Waals surface area contributed by atoms with E-state index in [2.05, 4.69) is 47.9 Å². The topological polar surface area (TPSA) is 138 Å². The van der Waals surface area contributed by atoms with Crippen molar-refractivity contribution in [3.63, 3.8) is 0 Å². The molecule has 332 valence electrons. The second-order valence-corrected chi connectivity index (χ2v) is 16.4. The molecule has 1 N–H and O–H groups in total. The van der Waals surface area contributed by atoms with Crippen molar-refractivity contribution in [1.82, 2.24) is 9.80 Å². The first-order valence-corrected chi connectivity index (χ1v) is 22.1. The van der Waals surface area contributed by atoms with Crippen LogP contribution in [0, 0.1) is 35.5 Å². The van der Waals surface area contributed by atoms with Crippen LogP contribution in [0.25, 0.3) is 0 Å². The minimum atomic E-state index is -1.27. The highest BCUT2D eigenvalue weighted by atomic mass is 16.5. The number of likely N-dealkylation sites (N-methyl/N-ethyl adjacent to an activating group) is 2. The van der Waals surface area contributed by atoms with Crippen molar-refractivity contribution in [2.45, 2.75) is 90.1 Å². The molecule has 2 saturated carbocycles. The Morgan fingerprint density at radius 3 is 1.19 bits per heavy atom. The van der Waals surface area contributed by atoms with Crippen molar-refractivity contribution in [3.8, 4) is 23.7 Å². The van der Waals surface area contributed by atoms with E-state index in [0.29, 0.717) is 11.1 Å². The molecule has 0 heterocycles. The maximum Gasteiger partial charge on any atom is 0.336 e. The molecule has 2 aliphatic rings. The number of amides is 2. The summed E-state index contributed by atoms with van der Waals surface area (Å²) in [5.74, 6) is 11.3. The Kier molecular flexibility index (Phi) is 17.9. The van der Waals surface area contributed by atoms with Crippen LogP contribution in [-0.2, 0) is 36.8 Å². The van der Waals surface area contributed by atoms with Crippen LogP contribution < -0.4 is 0 Å². The van der Waals surface area contributed by atoms with Crippen LogP contribution in [-0.4, -0.2) is 89.9 Å². The van der Waals surface area contributed by atoms with Gasteiger partial charge in [0.15, 0.2) is 29.4 Å². The fourth-order valence-corrected chi connectivity index (χ4v) is 7.09. The first kappa shape index (κ1) is 48.4. The molecule has 10 heteroatoms. The summed E-state index contributed by atoms with van der Waals surface area (Å²) in [6.45, 7) is 2.48. The van der Waals surface area contributed by atoms with Gasteiger partial charge in [-0.1, -0.05) is 87.5 Å². The van der Waals surface area contributed by atoms with E-state index in [0.717, 1.165) is 56.7 Å². The van der Waals surface area contributed by atoms with Gasteiger partial charge in [0, 0.05) is 60.3 Å². The Labute approximate surface area is 377 Å². The van der Waals surface area contributed by atoms with Crippen molar-refractivity contribution < 1.29 is 38.6 Å². The third kappa shape index (κ3) is 14.2. The van der Waals surface area contributed by atoms with E-state index in [1.54, 1.807) is 62.4 Å². The first-order chi connectivity index (χ1) is 30.8. The minimum Gasteiger partial charge on any atom is -0.467 e. The van der Waals surface area contributed by atoms with E-state index in [4.69, 9.17) is 9.84 Å². The highest BCUT2D eigenvalue weighted by Gasteiger charge is 2.34. The zero-order valence-electron chi connectivity index (χ0n) is 37.5. The molecule has 0 bridgehead atoms. The second-order valence-electron chi connectivity index (χ2n) is 16.4. The number of nitrogens with zero attached hydrogens (tertiary/aromatic N) is 2. The molecule has 2 aliphatic carbocycles. The van der Waals surface area contributed by atoms with Crippen LogP contribution >= 0.6 is 0 Å². The van der Waals surface area contributed by atoms with E-state index >= 15 is 0 Å². The number of Topliss-reactive ketones (excluding diaryl/α,β-unsaturated/α-hetero) is 3. The molecular formula is C54H58N2O8. The zero-order valence-corrected chi connectivity index (χ0v) is 37.5. The molecule has 0 saturated heterocycles. The lowest BCUT2D eigenvalue weighted by molar-refractivity contribution is -0.149. The lowest BCUT2D eigenvalue weighted by atomic mass is 10.0. The summed E-state index contributed by atoms with van der Waals surface area (Å²) in [6.07, 6.45) is 10.5. The number of hydrogen-bond acceptors (Lipinski definition) is 8. The van der Waals surface area contributed by atoms with Crippen LogP contribution in [0.15, 0.2) is 97.1 Å². The van der Waals surface area contributed by atoms with Crippen LogP contribution in [0.2, 0.25) is 0 Å². The fraction of sp³-hybridized carbons (Fsp3) is 0.370. The number of aliphatic hydroxyl groups excluding tert-OH is 1. The quantitative estimate of drug-likeness (QED) is 0.0658. The lowest BCUT2D eigenvalue weighted by Crippen LogP contribution is -2.48. The number of rotatable bonds is 17. The number of aliphatic hydroxyl groups is 1. The van der Waals surface area contributed by atoms with E-state index in [9.17, 15) is 28.8 Å². The molecule has 0 radical (unpaired) electrons. The van der Waals surface area contributed by atoms with Gasteiger partial charge in [0.05, 0.1) is 7.11 Å². The average Bonchev–Trinajstić information content (AvgIpc) is 4.29. The largest absolute Gasteiger partial charge is 0.467 e. The highest BCUT2D eigenvalue weighted by molar-refractivity contribution is 6.11. The number of esters is 1. The molecule has 2 unspecified atom stereocenters. The van der Waals surface area contributed by atoms with Crippen molar-refractivity contribution in [3.05, 3.63) is 142 Å². The average molecular weight is 863 g/mol. The maximum absolute atomic E-state index is 12.8. The molecule has 0 aliphatic heterocycles. The molecule has 0 aromatic heterocycles. The number of ketones is 3. The zero-order chi connectivity index (χ0) is 46.2. The molecule has 64 heavy (non-hydrogen) atoms. The van der Waals surface area contributed by atoms with Crippen molar-refractivity contribution in [2.24, 2.45) is 11.8 Å². The molecule has 4 aromatic carbocycles. The summed E-state index contributed by atoms with van der Waals surface area (Å²) in [5.41, 5.74) is 6.82. The predicted molar refractivity (Wildman–Crippen MR) is 246 cm³/mol. The lowest BCUT2D eigenvalue weighted by Gasteiger charge is -2.25. The van der Waals surface area contributed by atoms with E-state index in [1.165, 1.54) is 70.9 Å². The monoisotopic (exact) mass is 862 g/mol. The Balaban J connectivity index is 0.000000241. The Morgan fingerprint density at radius 1 is 0.547 bits per heavy atom. The third-order valence-electron chi connectivity index (χ3n) is 11.6. The maximum atomic E-state index is 12.8. The van der Waals surface area contributed by atoms with Gasteiger partial charge in [0.2, 0.25) is 0 Å². The number of ether oxygens (including phenoxy) is 1. The predicted octanol–water partition coefficient (Wildman–Crippen LogP) is 7.43. The summed E-state index contributed by atoms with van der Waals surface area (Å²) >= 11 is 0. The fourth-order valence-electron chi connectivity index (χ4n) is 7.09. The molecule has 6 rings (SSSR count). The van der Waals surface area contributed by atoms with Crippen molar-refractivity contribution in [1.29, 1.82) is 0 Å². The van der Waals surface area contributed by atoms with Crippen LogP contribution in [0.3, 0.4) is 0 Å². The number of carbonyl (C=O) groups is 6. The van der Waals surface area contributed by atoms with Gasteiger partial charge in [-0.05, 0) is 121 Å². The molecule has 10 nitrogen and oxygen atoms in total. The Bertz CT molecular complexity index is 2190. The number of carbonyl (C=O) groups excluding carboxylic acids is 6. The van der Waals surface area contributed by atoms with Gasteiger partial charge in [0.25, 0.3) is 11.8 Å². The van der Waals surface area contributed by atoms with Crippen LogP contribution in [0.5, 0.6) is 0 Å². The second kappa shape index (κ2) is 23.7. The standard InChI is InChI=1S/2C27H29NO4/c1-4-24(29)25(27(31)32-3)28(2)26(30)23-17-15-22(16-18-23)14-13-21-11-9-20(10-12-21)8-7-19-5-6-19;1-3-24(30)26(25(31)18-29)28(2)27(32)23-16-14-22(15-17-23)13-12-21-10-8-20(9-11-21)7-6-19-4-5-19/h9-12,15-19,25H,4-8H2,1-3H3;8-11,14-17,19,26,29H,3-7,18H2,1-2H3. The van der Waals surface area contributed by atoms with Gasteiger partial charge in [-0.25, -0.2) is 4.79 Å². The van der Waals surface area contributed by atoms with E-state index in [-0.39, 0.29) is 18.6 Å². The summed E-state index contributed by atoms with van der Waals surface area (Å²) in [5, 5.41) is 9.15. The summed E-state index contributed by atoms with van der Waals surface area (Å²) < 4.78 is 4.70. The van der Waals surface area contributed by atoms with Gasteiger partial charge in [0.1, 0.15) is 6.61 Å². The number of hydrogen-bond donors (Lipinski definition) is 1. The summed E-state index contributed by atoms with van der Waals surface area (Å²) in [7, 11) is 4.03. The number of aryl methyl sites for hydroxylation is 2. The Morgan fingerprint density at radius 2 is 0.875 bits per heavy atom. The molecule has 4 aromatic rings. The van der Waals surface area contributed by atoms with Gasteiger partial charge < -0.3 is 19.6 Å². The SMILES string of the molecule is CCC(=O)C(C(=O)CO)N(C)C(=O)c1ccc(C#Cc2ccc(CCC3CC3)cc2)cc1.CCC(=O)C(C(=O)OC)N(C)C(=O)c1ccc(C#Cc2ccc(CCC3CC3)cc2)cc1. The molecule has 2 fully saturated rings. The number of methoxy groups -OCH3 is 1. The highest BCUT2D eigenvalue weighted by Crippen LogP contribution is 2.34. The summed E-state index contributed by atoms with van der Waals surface area (Å²) in [6, 6.07) is 27.7. The van der Waals surface area contributed by atoms with Crippen molar-refractivity contribution >= 4 is 35.1 Å². The van der Waals surface area contributed by atoms with Gasteiger partial charge in [-0.2, -0.15) is 0 Å². The van der Waals surface area contributed by atoms with Crippen molar-refractivity contribution in [2.75, 3.05) is 27.8 Å². The number of benzene rings is 4. The molecule has 2 amide bonds. The smallest absolute Gasteiger partial charge is 0.336 e. The van der Waals surface area contributed by atoms with Crippen LogP contribution in [0.1, 0.15) is 119 Å². The first-order valence-electron chi connectivity index (χ1n) is 22.1. The minimum absolute atomic E-state index is 0.101. The molecule has 0 spiro atoms. The molecular weight excluding hydrogens is 805 g/mol. The van der Waals surface area contributed by atoms with E-state index in [1.807, 2.05) is 24.3 Å². The van der Waals surface area contributed by atoms with E-state index < -0.39 is 48.0 Å². The van der Waals surface area contributed by atoms with Gasteiger partial charge in [-0.15, -0.1) is 0 Å². The molecule has 2 atom stereocenters. The van der Waals surface area contributed by atoms with Gasteiger partial charge in [-0.3, -0.25) is 24.0 Å².